The summed E-state index contributed by atoms with van der Waals surface area (Å²) in [6.45, 7) is 2.70. The van der Waals surface area contributed by atoms with E-state index in [9.17, 15) is 5.11 Å². The van der Waals surface area contributed by atoms with Gasteiger partial charge in [0.25, 0.3) is 0 Å². The normalized spacial score (nSPS) is 18.0. The Bertz CT molecular complexity index is 574. The maximum Gasteiger partial charge on any atom is 0.119 e. The first-order valence-electron chi connectivity index (χ1n) is 7.26. The molecule has 1 aliphatic rings. The van der Waals surface area contributed by atoms with Gasteiger partial charge in [-0.05, 0) is 41.7 Å². The van der Waals surface area contributed by atoms with Crippen molar-refractivity contribution in [3.8, 4) is 5.75 Å². The van der Waals surface area contributed by atoms with Crippen LogP contribution in [0.25, 0.3) is 0 Å². The molecule has 0 heterocycles. The first-order chi connectivity index (χ1) is 9.78. The number of hydrogen-bond acceptors (Lipinski definition) is 2. The van der Waals surface area contributed by atoms with E-state index in [2.05, 4.69) is 24.3 Å². The van der Waals surface area contributed by atoms with Gasteiger partial charge in [0.1, 0.15) is 5.75 Å². The third kappa shape index (κ3) is 2.56. The lowest BCUT2D eigenvalue weighted by molar-refractivity contribution is 0.173. The molecule has 2 atom stereocenters. The molecular weight excluding hydrogens is 248 g/mol. The first kappa shape index (κ1) is 13.2. The Balaban J connectivity index is 1.57. The zero-order valence-corrected chi connectivity index (χ0v) is 11.8. The van der Waals surface area contributed by atoms with Crippen LogP contribution in [-0.4, -0.2) is 11.7 Å². The van der Waals surface area contributed by atoms with Crippen molar-refractivity contribution in [2.45, 2.75) is 31.8 Å². The Morgan fingerprint density at radius 2 is 1.90 bits per heavy atom. The highest BCUT2D eigenvalue weighted by atomic mass is 16.5. The first-order valence-corrected chi connectivity index (χ1v) is 7.26. The molecule has 2 nitrogen and oxygen atoms in total. The highest BCUT2D eigenvalue weighted by molar-refractivity contribution is 5.40. The predicted molar refractivity (Wildman–Crippen MR) is 80.1 cm³/mol. The standard InChI is InChI=1S/C18H20O2/c1-2-18(19)13-7-9-16(10-8-13)20-12-15-11-14-5-3-4-6-17(14)15/h3-10,15,18-19H,2,11-12H2,1H3. The van der Waals surface area contributed by atoms with Gasteiger partial charge < -0.3 is 9.84 Å². The third-order valence-corrected chi connectivity index (χ3v) is 4.06. The molecule has 3 rings (SSSR count). The fraction of sp³-hybridized carbons (Fsp3) is 0.333. The van der Waals surface area contributed by atoms with Gasteiger partial charge in [-0.3, -0.25) is 0 Å². The van der Waals surface area contributed by atoms with Gasteiger partial charge in [-0.25, -0.2) is 0 Å². The summed E-state index contributed by atoms with van der Waals surface area (Å²) in [6.07, 6.45) is 1.48. The van der Waals surface area contributed by atoms with E-state index < -0.39 is 0 Å². The van der Waals surface area contributed by atoms with Crippen molar-refractivity contribution in [1.29, 1.82) is 0 Å². The SMILES string of the molecule is CCC(O)c1ccc(OCC2Cc3ccccc32)cc1. The van der Waals surface area contributed by atoms with Crippen molar-refractivity contribution in [2.75, 3.05) is 6.61 Å². The second-order valence-corrected chi connectivity index (χ2v) is 5.40. The number of aliphatic hydroxyl groups excluding tert-OH is 1. The van der Waals surface area contributed by atoms with Crippen molar-refractivity contribution in [2.24, 2.45) is 0 Å². The maximum atomic E-state index is 9.75. The van der Waals surface area contributed by atoms with Crippen LogP contribution in [0, 0.1) is 0 Å². The lowest BCUT2D eigenvalue weighted by atomic mass is 9.78. The molecule has 0 saturated carbocycles. The molecule has 0 spiro atoms. The summed E-state index contributed by atoms with van der Waals surface area (Å²) in [5, 5.41) is 9.75. The van der Waals surface area contributed by atoms with Crippen LogP contribution < -0.4 is 4.74 Å². The van der Waals surface area contributed by atoms with Gasteiger partial charge in [0.15, 0.2) is 0 Å². The summed E-state index contributed by atoms with van der Waals surface area (Å²) < 4.78 is 5.85. The monoisotopic (exact) mass is 268 g/mol. The average molecular weight is 268 g/mol. The van der Waals surface area contributed by atoms with Gasteiger partial charge in [-0.2, -0.15) is 0 Å². The second-order valence-electron chi connectivity index (χ2n) is 5.40. The van der Waals surface area contributed by atoms with Crippen molar-refractivity contribution in [1.82, 2.24) is 0 Å². The molecule has 0 bridgehead atoms. The molecule has 1 aliphatic carbocycles. The number of hydrogen-bond donors (Lipinski definition) is 1. The van der Waals surface area contributed by atoms with Crippen LogP contribution in [0.2, 0.25) is 0 Å². The summed E-state index contributed by atoms with van der Waals surface area (Å²) in [4.78, 5) is 0. The number of aliphatic hydroxyl groups is 1. The summed E-state index contributed by atoms with van der Waals surface area (Å²) in [5.41, 5.74) is 3.82. The quantitative estimate of drug-likeness (QED) is 0.892. The number of benzene rings is 2. The Labute approximate surface area is 120 Å². The third-order valence-electron chi connectivity index (χ3n) is 4.06. The van der Waals surface area contributed by atoms with E-state index in [1.165, 1.54) is 11.1 Å². The molecule has 2 aromatic rings. The Kier molecular flexibility index (Phi) is 3.75. The van der Waals surface area contributed by atoms with E-state index in [1.807, 2.05) is 31.2 Å². The fourth-order valence-corrected chi connectivity index (χ4v) is 2.73. The minimum Gasteiger partial charge on any atom is -0.493 e. The molecule has 2 aromatic carbocycles. The maximum absolute atomic E-state index is 9.75. The molecule has 20 heavy (non-hydrogen) atoms. The van der Waals surface area contributed by atoms with E-state index in [-0.39, 0.29) is 6.10 Å². The van der Waals surface area contributed by atoms with Crippen LogP contribution >= 0.6 is 0 Å². The van der Waals surface area contributed by atoms with Crippen LogP contribution in [0.3, 0.4) is 0 Å². The predicted octanol–water partition coefficient (Wildman–Crippen LogP) is 3.85. The smallest absolute Gasteiger partial charge is 0.119 e. The Morgan fingerprint density at radius 1 is 1.15 bits per heavy atom. The van der Waals surface area contributed by atoms with Gasteiger partial charge in [-0.15, -0.1) is 0 Å². The van der Waals surface area contributed by atoms with Crippen LogP contribution in [0.15, 0.2) is 48.5 Å². The molecule has 1 N–H and O–H groups in total. The zero-order chi connectivity index (χ0) is 13.9. The van der Waals surface area contributed by atoms with Gasteiger partial charge in [0, 0.05) is 5.92 Å². The molecular formula is C18H20O2. The van der Waals surface area contributed by atoms with Crippen LogP contribution in [-0.2, 0) is 6.42 Å². The van der Waals surface area contributed by atoms with Crippen molar-refractivity contribution >= 4 is 0 Å². The van der Waals surface area contributed by atoms with Crippen molar-refractivity contribution < 1.29 is 9.84 Å². The highest BCUT2D eigenvalue weighted by Crippen LogP contribution is 2.35. The van der Waals surface area contributed by atoms with Gasteiger partial charge in [-0.1, -0.05) is 43.3 Å². The van der Waals surface area contributed by atoms with E-state index in [0.717, 1.165) is 30.8 Å². The molecule has 104 valence electrons. The Morgan fingerprint density at radius 3 is 2.60 bits per heavy atom. The van der Waals surface area contributed by atoms with Crippen LogP contribution in [0.4, 0.5) is 0 Å². The van der Waals surface area contributed by atoms with E-state index in [0.29, 0.717) is 5.92 Å². The van der Waals surface area contributed by atoms with Crippen LogP contribution in [0.5, 0.6) is 5.75 Å². The minimum absolute atomic E-state index is 0.373. The number of rotatable bonds is 5. The molecule has 0 amide bonds. The van der Waals surface area contributed by atoms with Gasteiger partial charge in [0.2, 0.25) is 0 Å². The lowest BCUT2D eigenvalue weighted by Gasteiger charge is -2.29. The molecule has 0 saturated heterocycles. The number of ether oxygens (including phenoxy) is 1. The highest BCUT2D eigenvalue weighted by Gasteiger charge is 2.25. The largest absolute Gasteiger partial charge is 0.493 e. The van der Waals surface area contributed by atoms with Gasteiger partial charge >= 0.3 is 0 Å². The molecule has 2 heteroatoms. The van der Waals surface area contributed by atoms with E-state index >= 15 is 0 Å². The fourth-order valence-electron chi connectivity index (χ4n) is 2.73. The summed E-state index contributed by atoms with van der Waals surface area (Å²) in [7, 11) is 0. The number of fused-ring (bicyclic) bond motifs is 1. The summed E-state index contributed by atoms with van der Waals surface area (Å²) in [5.74, 6) is 1.40. The van der Waals surface area contributed by atoms with E-state index in [1.54, 1.807) is 0 Å². The van der Waals surface area contributed by atoms with Crippen molar-refractivity contribution in [3.05, 3.63) is 65.2 Å². The molecule has 0 aliphatic heterocycles. The molecule has 2 unspecified atom stereocenters. The van der Waals surface area contributed by atoms with E-state index in [4.69, 9.17) is 4.74 Å². The average Bonchev–Trinajstić information content (AvgIpc) is 2.48. The van der Waals surface area contributed by atoms with Crippen LogP contribution in [0.1, 0.15) is 42.1 Å². The lowest BCUT2D eigenvalue weighted by Crippen LogP contribution is -2.23. The minimum atomic E-state index is -0.373. The molecule has 0 aromatic heterocycles. The summed E-state index contributed by atoms with van der Waals surface area (Å²) in [6, 6.07) is 16.3. The zero-order valence-electron chi connectivity index (χ0n) is 11.8. The van der Waals surface area contributed by atoms with Gasteiger partial charge in [0.05, 0.1) is 12.7 Å². The topological polar surface area (TPSA) is 29.5 Å². The second kappa shape index (κ2) is 5.68. The summed E-state index contributed by atoms with van der Waals surface area (Å²) >= 11 is 0. The molecule has 0 fully saturated rings. The Hall–Kier alpha value is -1.80. The molecule has 0 radical (unpaired) electrons. The van der Waals surface area contributed by atoms with Crippen molar-refractivity contribution in [3.63, 3.8) is 0 Å².